The minimum absolute atomic E-state index is 0.317. The van der Waals surface area contributed by atoms with Gasteiger partial charge in [0.1, 0.15) is 0 Å². The summed E-state index contributed by atoms with van der Waals surface area (Å²) in [6, 6.07) is 7.40. The first kappa shape index (κ1) is 11.1. The molecule has 0 saturated carbocycles. The molecule has 7 heteroatoms. The molecule has 0 spiro atoms. The number of benzene rings is 1. The van der Waals surface area contributed by atoms with Crippen LogP contribution in [0.15, 0.2) is 29.4 Å². The van der Waals surface area contributed by atoms with Crippen molar-refractivity contribution in [3.63, 3.8) is 0 Å². The molecule has 1 N–H and O–H groups in total. The smallest absolute Gasteiger partial charge is 0.248 e. The molecule has 5 nitrogen and oxygen atoms in total. The fraction of sp³-hybridized carbons (Fsp3) is 0.111. The third-order valence-electron chi connectivity index (χ3n) is 2.08. The van der Waals surface area contributed by atoms with E-state index >= 15 is 0 Å². The number of halogens is 1. The van der Waals surface area contributed by atoms with Crippen molar-refractivity contribution >= 4 is 19.7 Å². The van der Waals surface area contributed by atoms with Crippen LogP contribution in [0.25, 0.3) is 11.4 Å². The van der Waals surface area contributed by atoms with Crippen molar-refractivity contribution in [1.82, 2.24) is 15.2 Å². The van der Waals surface area contributed by atoms with E-state index in [2.05, 4.69) is 15.2 Å². The maximum Gasteiger partial charge on any atom is 0.296 e. The highest BCUT2D eigenvalue weighted by atomic mass is 35.7. The summed E-state index contributed by atoms with van der Waals surface area (Å²) in [5, 5.41) is 5.76. The molecular formula is C9H8ClN3O2S. The van der Waals surface area contributed by atoms with Gasteiger partial charge in [-0.2, -0.15) is 10.1 Å². The second-order valence-corrected chi connectivity index (χ2v) is 5.70. The minimum Gasteiger partial charge on any atom is -0.248 e. The second-order valence-electron chi connectivity index (χ2n) is 3.22. The number of aromatic nitrogens is 3. The van der Waals surface area contributed by atoms with E-state index in [9.17, 15) is 8.42 Å². The Hall–Kier alpha value is -1.40. The van der Waals surface area contributed by atoms with Crippen molar-refractivity contribution in [1.29, 1.82) is 0 Å². The SMILES string of the molecule is Cc1ccccc1-c1n[nH]c(S(=O)(=O)Cl)n1. The zero-order chi connectivity index (χ0) is 11.8. The monoisotopic (exact) mass is 257 g/mol. The molecular weight excluding hydrogens is 250 g/mol. The summed E-state index contributed by atoms with van der Waals surface area (Å²) in [6.07, 6.45) is 0. The van der Waals surface area contributed by atoms with Gasteiger partial charge in [0.15, 0.2) is 5.82 Å². The molecule has 1 heterocycles. The summed E-state index contributed by atoms with van der Waals surface area (Å²) < 4.78 is 22.0. The Morgan fingerprint density at radius 1 is 1.31 bits per heavy atom. The molecule has 0 aliphatic heterocycles. The molecule has 1 aromatic carbocycles. The molecule has 84 valence electrons. The van der Waals surface area contributed by atoms with Gasteiger partial charge >= 0.3 is 0 Å². The average molecular weight is 258 g/mol. The highest BCUT2D eigenvalue weighted by Gasteiger charge is 2.17. The largest absolute Gasteiger partial charge is 0.296 e. The summed E-state index contributed by atoms with van der Waals surface area (Å²) in [7, 11) is 1.28. The van der Waals surface area contributed by atoms with Gasteiger partial charge in [0.05, 0.1) is 0 Å². The maximum atomic E-state index is 11.0. The second kappa shape index (κ2) is 3.88. The first-order chi connectivity index (χ1) is 7.48. The quantitative estimate of drug-likeness (QED) is 0.831. The third kappa shape index (κ3) is 2.07. The molecule has 0 unspecified atom stereocenters. The van der Waals surface area contributed by atoms with Gasteiger partial charge in [-0.15, -0.1) is 0 Å². The summed E-state index contributed by atoms with van der Waals surface area (Å²) in [4.78, 5) is 3.83. The fourth-order valence-corrected chi connectivity index (χ4v) is 1.86. The Bertz CT molecular complexity index is 621. The Labute approximate surface area is 96.9 Å². The standard InChI is InChI=1S/C9H8ClN3O2S/c1-6-4-2-3-5-7(6)8-11-9(13-12-8)16(10,14)15/h2-5H,1H3,(H,11,12,13). The number of nitrogens with zero attached hydrogens (tertiary/aromatic N) is 2. The van der Waals surface area contributed by atoms with Crippen LogP contribution in [0.2, 0.25) is 0 Å². The van der Waals surface area contributed by atoms with E-state index in [1.165, 1.54) is 0 Å². The summed E-state index contributed by atoms with van der Waals surface area (Å²) in [5.41, 5.74) is 1.73. The number of hydrogen-bond acceptors (Lipinski definition) is 4. The maximum absolute atomic E-state index is 11.0. The third-order valence-corrected chi connectivity index (χ3v) is 3.16. The van der Waals surface area contributed by atoms with Crippen LogP contribution in [0.5, 0.6) is 0 Å². The highest BCUT2D eigenvalue weighted by Crippen LogP contribution is 2.20. The van der Waals surface area contributed by atoms with Crippen LogP contribution in [0.3, 0.4) is 0 Å². The molecule has 0 bridgehead atoms. The Morgan fingerprint density at radius 3 is 2.56 bits per heavy atom. The number of nitrogens with one attached hydrogen (secondary N) is 1. The molecule has 0 saturated heterocycles. The van der Waals surface area contributed by atoms with Crippen LogP contribution in [0.4, 0.5) is 0 Å². The summed E-state index contributed by atoms with van der Waals surface area (Å²) >= 11 is 0. The zero-order valence-corrected chi connectivity index (χ0v) is 9.88. The van der Waals surface area contributed by atoms with Crippen LogP contribution in [0.1, 0.15) is 5.56 Å². The van der Waals surface area contributed by atoms with E-state index in [4.69, 9.17) is 10.7 Å². The Balaban J connectivity index is 2.52. The number of H-pyrrole nitrogens is 1. The van der Waals surface area contributed by atoms with Crippen molar-refractivity contribution in [2.24, 2.45) is 0 Å². The molecule has 0 atom stereocenters. The number of aryl methyl sites for hydroxylation is 1. The lowest BCUT2D eigenvalue weighted by atomic mass is 10.1. The average Bonchev–Trinajstić information content (AvgIpc) is 2.66. The van der Waals surface area contributed by atoms with Gasteiger partial charge in [0.25, 0.3) is 14.2 Å². The van der Waals surface area contributed by atoms with Gasteiger partial charge in [-0.05, 0) is 12.5 Å². The van der Waals surface area contributed by atoms with Crippen molar-refractivity contribution < 1.29 is 8.42 Å². The topological polar surface area (TPSA) is 75.7 Å². The number of hydrogen-bond donors (Lipinski definition) is 1. The molecule has 0 amide bonds. The molecule has 1 aromatic heterocycles. The minimum atomic E-state index is -3.86. The van der Waals surface area contributed by atoms with Gasteiger partial charge in [0.2, 0.25) is 0 Å². The molecule has 0 fully saturated rings. The predicted octanol–water partition coefficient (Wildman–Crippen LogP) is 1.71. The van der Waals surface area contributed by atoms with Gasteiger partial charge in [-0.1, -0.05) is 24.3 Å². The van der Waals surface area contributed by atoms with Crippen LogP contribution < -0.4 is 0 Å². The van der Waals surface area contributed by atoms with E-state index < -0.39 is 9.05 Å². The molecule has 0 radical (unpaired) electrons. The molecule has 16 heavy (non-hydrogen) atoms. The van der Waals surface area contributed by atoms with E-state index in [0.717, 1.165) is 11.1 Å². The van der Waals surface area contributed by atoms with Gasteiger partial charge < -0.3 is 0 Å². The lowest BCUT2D eigenvalue weighted by molar-refractivity contribution is 0.602. The van der Waals surface area contributed by atoms with E-state index in [1.807, 2.05) is 31.2 Å². The van der Waals surface area contributed by atoms with Crippen LogP contribution in [-0.2, 0) is 9.05 Å². The number of rotatable bonds is 2. The zero-order valence-electron chi connectivity index (χ0n) is 8.31. The molecule has 2 rings (SSSR count). The predicted molar refractivity (Wildman–Crippen MR) is 59.6 cm³/mol. The van der Waals surface area contributed by atoms with Crippen LogP contribution in [-0.4, -0.2) is 23.6 Å². The Kier molecular flexibility index (Phi) is 2.69. The first-order valence-corrected chi connectivity index (χ1v) is 6.72. The van der Waals surface area contributed by atoms with E-state index in [1.54, 1.807) is 0 Å². The lowest BCUT2D eigenvalue weighted by Crippen LogP contribution is -1.93. The molecule has 0 aliphatic rings. The lowest BCUT2D eigenvalue weighted by Gasteiger charge is -1.98. The summed E-state index contributed by atoms with van der Waals surface area (Å²) in [5.74, 6) is 0.317. The summed E-state index contributed by atoms with van der Waals surface area (Å²) in [6.45, 7) is 1.89. The Morgan fingerprint density at radius 2 is 2.00 bits per heavy atom. The van der Waals surface area contributed by atoms with Gasteiger partial charge in [-0.3, -0.25) is 0 Å². The van der Waals surface area contributed by atoms with Crippen molar-refractivity contribution in [3.8, 4) is 11.4 Å². The van der Waals surface area contributed by atoms with Crippen molar-refractivity contribution in [2.75, 3.05) is 0 Å². The number of aromatic amines is 1. The first-order valence-electron chi connectivity index (χ1n) is 4.41. The van der Waals surface area contributed by atoms with E-state index in [-0.39, 0.29) is 5.16 Å². The normalized spacial score (nSPS) is 11.6. The van der Waals surface area contributed by atoms with Gasteiger partial charge in [0, 0.05) is 16.2 Å². The van der Waals surface area contributed by atoms with Crippen LogP contribution in [0, 0.1) is 6.92 Å². The fourth-order valence-electron chi connectivity index (χ4n) is 1.30. The molecule has 0 aliphatic carbocycles. The van der Waals surface area contributed by atoms with Crippen LogP contribution >= 0.6 is 10.7 Å². The highest BCUT2D eigenvalue weighted by molar-refractivity contribution is 8.13. The van der Waals surface area contributed by atoms with E-state index in [0.29, 0.717) is 5.82 Å². The van der Waals surface area contributed by atoms with Crippen molar-refractivity contribution in [2.45, 2.75) is 12.1 Å². The molecule has 2 aromatic rings. The van der Waals surface area contributed by atoms with Gasteiger partial charge in [-0.25, -0.2) is 13.5 Å². The van der Waals surface area contributed by atoms with Crippen molar-refractivity contribution in [3.05, 3.63) is 29.8 Å².